The maximum atomic E-state index is 4.18. The van der Waals surface area contributed by atoms with Crippen LogP contribution in [0.2, 0.25) is 0 Å². The van der Waals surface area contributed by atoms with Crippen molar-refractivity contribution in [3.63, 3.8) is 0 Å². The van der Waals surface area contributed by atoms with Gasteiger partial charge in [-0.15, -0.1) is 5.10 Å². The Labute approximate surface area is 106 Å². The monoisotopic (exact) mass is 240 g/mol. The molecular formula is C14H16N4. The molecule has 0 fully saturated rings. The van der Waals surface area contributed by atoms with Gasteiger partial charge in [0.25, 0.3) is 0 Å². The SMILES string of the molecule is CC(C)=C(C)/C=N\Nc1nncc2ccccc12. The Kier molecular flexibility index (Phi) is 3.67. The van der Waals surface area contributed by atoms with Crippen molar-refractivity contribution in [2.75, 3.05) is 5.43 Å². The van der Waals surface area contributed by atoms with Crippen molar-refractivity contribution >= 4 is 22.8 Å². The lowest BCUT2D eigenvalue weighted by Gasteiger charge is -2.03. The molecule has 2 rings (SSSR count). The molecule has 0 bridgehead atoms. The van der Waals surface area contributed by atoms with E-state index in [-0.39, 0.29) is 0 Å². The molecule has 1 aromatic carbocycles. The molecule has 0 atom stereocenters. The van der Waals surface area contributed by atoms with Gasteiger partial charge in [-0.1, -0.05) is 29.8 Å². The molecule has 2 aromatic rings. The number of hydrazone groups is 1. The summed E-state index contributed by atoms with van der Waals surface area (Å²) in [7, 11) is 0. The molecule has 1 heterocycles. The normalized spacial score (nSPS) is 10.8. The van der Waals surface area contributed by atoms with Gasteiger partial charge < -0.3 is 0 Å². The van der Waals surface area contributed by atoms with E-state index in [2.05, 4.69) is 34.6 Å². The van der Waals surface area contributed by atoms with Crippen molar-refractivity contribution in [3.05, 3.63) is 41.6 Å². The molecule has 4 heteroatoms. The minimum absolute atomic E-state index is 0.672. The largest absolute Gasteiger partial charge is 0.259 e. The van der Waals surface area contributed by atoms with Gasteiger partial charge in [0.2, 0.25) is 0 Å². The third kappa shape index (κ3) is 2.71. The Morgan fingerprint density at radius 1 is 1.22 bits per heavy atom. The van der Waals surface area contributed by atoms with Crippen LogP contribution in [0.25, 0.3) is 10.8 Å². The second kappa shape index (κ2) is 5.40. The number of hydrogen-bond donors (Lipinski definition) is 1. The van der Waals surface area contributed by atoms with E-state index in [0.29, 0.717) is 5.82 Å². The molecule has 0 saturated carbocycles. The van der Waals surface area contributed by atoms with Crippen LogP contribution in [0.1, 0.15) is 20.8 Å². The van der Waals surface area contributed by atoms with Crippen LogP contribution in [0.15, 0.2) is 46.7 Å². The highest BCUT2D eigenvalue weighted by molar-refractivity contribution is 5.91. The predicted molar refractivity (Wildman–Crippen MR) is 75.7 cm³/mol. The number of allylic oxidation sites excluding steroid dienone is 2. The quantitative estimate of drug-likeness (QED) is 0.661. The first-order valence-electron chi connectivity index (χ1n) is 5.82. The van der Waals surface area contributed by atoms with Crippen LogP contribution < -0.4 is 5.43 Å². The standard InChI is InChI=1S/C14H16N4/c1-10(2)11(3)8-15-17-14-13-7-5-4-6-12(13)9-16-18-14/h4-9H,1-3H3,(H,17,18)/b15-8-. The number of nitrogens with one attached hydrogen (secondary N) is 1. The van der Waals surface area contributed by atoms with Crippen molar-refractivity contribution in [1.82, 2.24) is 10.2 Å². The van der Waals surface area contributed by atoms with Crippen molar-refractivity contribution in [3.8, 4) is 0 Å². The van der Waals surface area contributed by atoms with E-state index in [1.165, 1.54) is 5.57 Å². The van der Waals surface area contributed by atoms with E-state index >= 15 is 0 Å². The number of benzene rings is 1. The van der Waals surface area contributed by atoms with Crippen molar-refractivity contribution in [1.29, 1.82) is 0 Å². The van der Waals surface area contributed by atoms with Crippen molar-refractivity contribution in [2.45, 2.75) is 20.8 Å². The molecule has 0 amide bonds. The average Bonchev–Trinajstić information content (AvgIpc) is 2.38. The molecule has 4 nitrogen and oxygen atoms in total. The van der Waals surface area contributed by atoms with E-state index < -0.39 is 0 Å². The molecule has 0 aliphatic carbocycles. The van der Waals surface area contributed by atoms with Crippen molar-refractivity contribution in [2.24, 2.45) is 5.10 Å². The highest BCUT2D eigenvalue weighted by Gasteiger charge is 2.00. The fourth-order valence-corrected chi connectivity index (χ4v) is 1.43. The van der Waals surface area contributed by atoms with Crippen LogP contribution in [0.3, 0.4) is 0 Å². The molecule has 1 aromatic heterocycles. The lowest BCUT2D eigenvalue weighted by molar-refractivity contribution is 1.04. The zero-order valence-corrected chi connectivity index (χ0v) is 10.8. The van der Waals surface area contributed by atoms with Gasteiger partial charge in [0, 0.05) is 10.8 Å². The van der Waals surface area contributed by atoms with E-state index in [1.54, 1.807) is 12.4 Å². The second-order valence-electron chi connectivity index (χ2n) is 4.33. The third-order valence-corrected chi connectivity index (χ3v) is 2.79. The predicted octanol–water partition coefficient (Wildman–Crippen LogP) is 3.38. The summed E-state index contributed by atoms with van der Waals surface area (Å²) < 4.78 is 0. The Hall–Kier alpha value is -2.23. The first-order valence-corrected chi connectivity index (χ1v) is 5.82. The first kappa shape index (κ1) is 12.2. The Balaban J connectivity index is 2.25. The third-order valence-electron chi connectivity index (χ3n) is 2.79. The zero-order valence-electron chi connectivity index (χ0n) is 10.8. The minimum Gasteiger partial charge on any atom is -0.259 e. The van der Waals surface area contributed by atoms with Gasteiger partial charge in [-0.2, -0.15) is 10.2 Å². The van der Waals surface area contributed by atoms with Gasteiger partial charge in [0.1, 0.15) is 0 Å². The van der Waals surface area contributed by atoms with Crippen LogP contribution in [0.5, 0.6) is 0 Å². The number of anilines is 1. The van der Waals surface area contributed by atoms with E-state index in [9.17, 15) is 0 Å². The van der Waals surface area contributed by atoms with Gasteiger partial charge >= 0.3 is 0 Å². The maximum Gasteiger partial charge on any atom is 0.176 e. The minimum atomic E-state index is 0.672. The Morgan fingerprint density at radius 3 is 2.78 bits per heavy atom. The summed E-state index contributed by atoms with van der Waals surface area (Å²) in [6.45, 7) is 6.13. The lowest BCUT2D eigenvalue weighted by Crippen LogP contribution is -1.96. The highest BCUT2D eigenvalue weighted by Crippen LogP contribution is 2.18. The Bertz CT molecular complexity index is 605. The van der Waals surface area contributed by atoms with Crippen LogP contribution in [-0.4, -0.2) is 16.4 Å². The van der Waals surface area contributed by atoms with Gasteiger partial charge in [0.15, 0.2) is 5.82 Å². The fourth-order valence-electron chi connectivity index (χ4n) is 1.43. The lowest BCUT2D eigenvalue weighted by atomic mass is 10.2. The van der Waals surface area contributed by atoms with E-state index in [1.807, 2.05) is 31.2 Å². The molecule has 92 valence electrons. The molecule has 0 aliphatic rings. The zero-order chi connectivity index (χ0) is 13.0. The highest BCUT2D eigenvalue weighted by atomic mass is 15.3. The molecular weight excluding hydrogens is 224 g/mol. The number of aromatic nitrogens is 2. The average molecular weight is 240 g/mol. The second-order valence-corrected chi connectivity index (χ2v) is 4.33. The molecule has 0 saturated heterocycles. The number of rotatable bonds is 3. The van der Waals surface area contributed by atoms with Gasteiger partial charge in [0.05, 0.1) is 12.4 Å². The molecule has 18 heavy (non-hydrogen) atoms. The molecule has 0 unspecified atom stereocenters. The van der Waals surface area contributed by atoms with Crippen LogP contribution >= 0.6 is 0 Å². The summed E-state index contributed by atoms with van der Waals surface area (Å²) in [6.07, 6.45) is 3.53. The summed E-state index contributed by atoms with van der Waals surface area (Å²) in [5.41, 5.74) is 5.31. The summed E-state index contributed by atoms with van der Waals surface area (Å²) in [5.74, 6) is 0.672. The maximum absolute atomic E-state index is 4.18. The van der Waals surface area contributed by atoms with Crippen LogP contribution in [0.4, 0.5) is 5.82 Å². The smallest absolute Gasteiger partial charge is 0.176 e. The van der Waals surface area contributed by atoms with Crippen LogP contribution in [-0.2, 0) is 0 Å². The van der Waals surface area contributed by atoms with Crippen molar-refractivity contribution < 1.29 is 0 Å². The number of nitrogens with zero attached hydrogens (tertiary/aromatic N) is 3. The van der Waals surface area contributed by atoms with Crippen LogP contribution in [0, 0.1) is 0 Å². The topological polar surface area (TPSA) is 50.2 Å². The molecule has 0 spiro atoms. The Morgan fingerprint density at radius 2 is 2.00 bits per heavy atom. The first-order chi connectivity index (χ1) is 8.68. The summed E-state index contributed by atoms with van der Waals surface area (Å²) in [4.78, 5) is 0. The summed E-state index contributed by atoms with van der Waals surface area (Å²) in [5, 5.41) is 14.2. The van der Waals surface area contributed by atoms with Gasteiger partial charge in [-0.3, -0.25) is 5.43 Å². The molecule has 0 aliphatic heterocycles. The molecule has 1 N–H and O–H groups in total. The summed E-state index contributed by atoms with van der Waals surface area (Å²) in [6, 6.07) is 7.94. The van der Waals surface area contributed by atoms with Gasteiger partial charge in [-0.05, 0) is 26.3 Å². The molecule has 0 radical (unpaired) electrons. The number of fused-ring (bicyclic) bond motifs is 1. The van der Waals surface area contributed by atoms with E-state index in [0.717, 1.165) is 16.3 Å². The number of hydrogen-bond acceptors (Lipinski definition) is 4. The van der Waals surface area contributed by atoms with Gasteiger partial charge in [-0.25, -0.2) is 0 Å². The van der Waals surface area contributed by atoms with E-state index in [4.69, 9.17) is 0 Å². The summed E-state index contributed by atoms with van der Waals surface area (Å²) >= 11 is 0. The fraction of sp³-hybridized carbons (Fsp3) is 0.214.